The van der Waals surface area contributed by atoms with Gasteiger partial charge in [0, 0.05) is 6.54 Å². The lowest BCUT2D eigenvalue weighted by atomic mass is 9.93. The molecule has 1 fully saturated rings. The van der Waals surface area contributed by atoms with Gasteiger partial charge in [0.2, 0.25) is 0 Å². The van der Waals surface area contributed by atoms with Crippen molar-refractivity contribution in [3.63, 3.8) is 0 Å². The first kappa shape index (κ1) is 11.5. The molecule has 1 aliphatic heterocycles. The maximum Gasteiger partial charge on any atom is 0.310 e. The summed E-state index contributed by atoms with van der Waals surface area (Å²) in [5.74, 6) is -0.693. The molecule has 0 amide bonds. The fourth-order valence-electron chi connectivity index (χ4n) is 1.92. The molecule has 1 heterocycles. The molecule has 0 aromatic rings. The molecule has 3 heteroatoms. The standard InChI is InChI=1S/C11H21NO2/c1-11(2,10(13)14)9-12-7-5-3-4-6-8-12/h3-9H2,1-2H3,(H,13,14). The Morgan fingerprint density at radius 3 is 2.14 bits per heavy atom. The van der Waals surface area contributed by atoms with Crippen molar-refractivity contribution in [3.8, 4) is 0 Å². The molecule has 0 unspecified atom stereocenters. The molecule has 0 aliphatic carbocycles. The van der Waals surface area contributed by atoms with Gasteiger partial charge in [-0.2, -0.15) is 0 Å². The van der Waals surface area contributed by atoms with Crippen LogP contribution in [0.25, 0.3) is 0 Å². The van der Waals surface area contributed by atoms with Gasteiger partial charge in [0.25, 0.3) is 0 Å². The molecule has 0 aromatic heterocycles. The van der Waals surface area contributed by atoms with E-state index in [1.807, 2.05) is 0 Å². The summed E-state index contributed by atoms with van der Waals surface area (Å²) >= 11 is 0. The van der Waals surface area contributed by atoms with Gasteiger partial charge in [-0.1, -0.05) is 12.8 Å². The monoisotopic (exact) mass is 199 g/mol. The Balaban J connectivity index is 2.45. The van der Waals surface area contributed by atoms with Crippen LogP contribution in [0.4, 0.5) is 0 Å². The molecule has 1 saturated heterocycles. The summed E-state index contributed by atoms with van der Waals surface area (Å²) in [6, 6.07) is 0. The highest BCUT2D eigenvalue weighted by atomic mass is 16.4. The molecule has 1 N–H and O–H groups in total. The zero-order valence-corrected chi connectivity index (χ0v) is 9.25. The highest BCUT2D eigenvalue weighted by Gasteiger charge is 2.29. The van der Waals surface area contributed by atoms with Gasteiger partial charge in [-0.25, -0.2) is 0 Å². The molecule has 0 aromatic carbocycles. The van der Waals surface area contributed by atoms with Gasteiger partial charge in [0.15, 0.2) is 0 Å². The number of aliphatic carboxylic acids is 1. The number of carboxylic acid groups (broad SMARTS) is 1. The maximum atomic E-state index is 11.0. The van der Waals surface area contributed by atoms with E-state index in [-0.39, 0.29) is 0 Å². The van der Waals surface area contributed by atoms with E-state index in [0.29, 0.717) is 6.54 Å². The largest absolute Gasteiger partial charge is 0.481 e. The smallest absolute Gasteiger partial charge is 0.310 e. The number of rotatable bonds is 3. The number of carbonyl (C=O) groups is 1. The lowest BCUT2D eigenvalue weighted by Gasteiger charge is -2.28. The summed E-state index contributed by atoms with van der Waals surface area (Å²) in [5, 5.41) is 9.02. The predicted molar refractivity (Wildman–Crippen MR) is 56.3 cm³/mol. The van der Waals surface area contributed by atoms with Crippen LogP contribution >= 0.6 is 0 Å². The fourth-order valence-corrected chi connectivity index (χ4v) is 1.92. The summed E-state index contributed by atoms with van der Waals surface area (Å²) in [4.78, 5) is 13.2. The Hall–Kier alpha value is -0.570. The first-order valence-corrected chi connectivity index (χ1v) is 5.48. The molecule has 14 heavy (non-hydrogen) atoms. The van der Waals surface area contributed by atoms with E-state index in [1.165, 1.54) is 25.7 Å². The zero-order valence-electron chi connectivity index (χ0n) is 9.25. The van der Waals surface area contributed by atoms with Crippen molar-refractivity contribution in [1.82, 2.24) is 4.90 Å². The van der Waals surface area contributed by atoms with Crippen LogP contribution < -0.4 is 0 Å². The molecule has 82 valence electrons. The van der Waals surface area contributed by atoms with Crippen LogP contribution in [-0.4, -0.2) is 35.6 Å². The third kappa shape index (κ3) is 3.29. The second-order valence-corrected chi connectivity index (χ2v) is 4.88. The number of carboxylic acids is 1. The Labute approximate surface area is 86.1 Å². The van der Waals surface area contributed by atoms with E-state index in [1.54, 1.807) is 13.8 Å². The lowest BCUT2D eigenvalue weighted by molar-refractivity contribution is -0.148. The first-order chi connectivity index (χ1) is 6.52. The van der Waals surface area contributed by atoms with Gasteiger partial charge >= 0.3 is 5.97 Å². The molecular weight excluding hydrogens is 178 g/mol. The molecule has 0 bridgehead atoms. The topological polar surface area (TPSA) is 40.5 Å². The minimum atomic E-state index is -0.693. The minimum absolute atomic E-state index is 0.607. The van der Waals surface area contributed by atoms with Gasteiger partial charge in [-0.3, -0.25) is 4.79 Å². The quantitative estimate of drug-likeness (QED) is 0.755. The second kappa shape index (κ2) is 4.78. The fraction of sp³-hybridized carbons (Fsp3) is 0.909. The average molecular weight is 199 g/mol. The zero-order chi connectivity index (χ0) is 10.6. The van der Waals surface area contributed by atoms with Crippen LogP contribution in [0.15, 0.2) is 0 Å². The van der Waals surface area contributed by atoms with Crippen molar-refractivity contribution < 1.29 is 9.90 Å². The normalized spacial score (nSPS) is 20.4. The van der Waals surface area contributed by atoms with Crippen molar-refractivity contribution in [2.75, 3.05) is 19.6 Å². The van der Waals surface area contributed by atoms with E-state index >= 15 is 0 Å². The van der Waals surface area contributed by atoms with E-state index in [2.05, 4.69) is 4.90 Å². The van der Waals surface area contributed by atoms with Crippen LogP contribution in [0, 0.1) is 5.41 Å². The molecule has 1 aliphatic rings. The van der Waals surface area contributed by atoms with E-state index in [9.17, 15) is 4.79 Å². The van der Waals surface area contributed by atoms with E-state index in [4.69, 9.17) is 5.11 Å². The third-order valence-corrected chi connectivity index (χ3v) is 2.90. The van der Waals surface area contributed by atoms with Crippen molar-refractivity contribution in [3.05, 3.63) is 0 Å². The molecule has 0 spiro atoms. The average Bonchev–Trinajstić information content (AvgIpc) is 2.32. The summed E-state index contributed by atoms with van der Waals surface area (Å²) in [5.41, 5.74) is -0.607. The highest BCUT2D eigenvalue weighted by Crippen LogP contribution is 2.19. The first-order valence-electron chi connectivity index (χ1n) is 5.48. The molecular formula is C11H21NO2. The summed E-state index contributed by atoms with van der Waals surface area (Å²) < 4.78 is 0. The Morgan fingerprint density at radius 1 is 1.21 bits per heavy atom. The Bertz CT molecular complexity index is 193. The molecule has 3 nitrogen and oxygen atoms in total. The van der Waals surface area contributed by atoms with Crippen LogP contribution in [0.3, 0.4) is 0 Å². The van der Waals surface area contributed by atoms with Gasteiger partial charge < -0.3 is 10.0 Å². The van der Waals surface area contributed by atoms with Gasteiger partial charge in [-0.05, 0) is 39.8 Å². The van der Waals surface area contributed by atoms with Gasteiger partial charge in [0.05, 0.1) is 5.41 Å². The Kier molecular flexibility index (Phi) is 3.93. The van der Waals surface area contributed by atoms with Gasteiger partial charge in [0.1, 0.15) is 0 Å². The summed E-state index contributed by atoms with van der Waals surface area (Å²) in [6.45, 7) is 6.43. The van der Waals surface area contributed by atoms with Crippen molar-refractivity contribution in [2.24, 2.45) is 5.41 Å². The molecule has 1 rings (SSSR count). The lowest BCUT2D eigenvalue weighted by Crippen LogP contribution is -2.39. The van der Waals surface area contributed by atoms with Crippen LogP contribution in [0.2, 0.25) is 0 Å². The van der Waals surface area contributed by atoms with Crippen molar-refractivity contribution in [2.45, 2.75) is 39.5 Å². The highest BCUT2D eigenvalue weighted by molar-refractivity contribution is 5.73. The summed E-state index contributed by atoms with van der Waals surface area (Å²) in [7, 11) is 0. The van der Waals surface area contributed by atoms with Crippen LogP contribution in [0.1, 0.15) is 39.5 Å². The third-order valence-electron chi connectivity index (χ3n) is 2.90. The predicted octanol–water partition coefficient (Wildman–Crippen LogP) is 1.97. The number of likely N-dealkylation sites (tertiary alicyclic amines) is 1. The van der Waals surface area contributed by atoms with Crippen LogP contribution in [0.5, 0.6) is 0 Å². The maximum absolute atomic E-state index is 11.0. The van der Waals surface area contributed by atoms with Crippen LogP contribution in [-0.2, 0) is 4.79 Å². The van der Waals surface area contributed by atoms with Crippen molar-refractivity contribution >= 4 is 5.97 Å². The van der Waals surface area contributed by atoms with E-state index in [0.717, 1.165) is 13.1 Å². The molecule has 0 radical (unpaired) electrons. The van der Waals surface area contributed by atoms with Gasteiger partial charge in [-0.15, -0.1) is 0 Å². The van der Waals surface area contributed by atoms with E-state index < -0.39 is 11.4 Å². The minimum Gasteiger partial charge on any atom is -0.481 e. The number of nitrogens with zero attached hydrogens (tertiary/aromatic N) is 1. The summed E-state index contributed by atoms with van der Waals surface area (Å²) in [6.07, 6.45) is 5.03. The number of hydrogen-bond acceptors (Lipinski definition) is 2. The number of hydrogen-bond donors (Lipinski definition) is 1. The SMILES string of the molecule is CC(C)(CN1CCCCCC1)C(=O)O. The molecule has 0 atom stereocenters. The Morgan fingerprint density at radius 2 is 1.71 bits per heavy atom. The molecule has 0 saturated carbocycles. The van der Waals surface area contributed by atoms with Crippen molar-refractivity contribution in [1.29, 1.82) is 0 Å². The second-order valence-electron chi connectivity index (χ2n) is 4.88.